The fraction of sp³-hybridized carbons (Fsp3) is 0.318. The molecule has 0 saturated heterocycles. The van der Waals surface area contributed by atoms with E-state index in [1.807, 2.05) is 25.1 Å². The Hall–Kier alpha value is -3.75. The van der Waals surface area contributed by atoms with Crippen molar-refractivity contribution in [2.75, 3.05) is 10.6 Å². The number of rotatable bonds is 4. The van der Waals surface area contributed by atoms with Gasteiger partial charge < -0.3 is 15.8 Å². The van der Waals surface area contributed by atoms with Gasteiger partial charge in [-0.15, -0.1) is 0 Å². The van der Waals surface area contributed by atoms with Gasteiger partial charge >= 0.3 is 0 Å². The van der Waals surface area contributed by atoms with Crippen molar-refractivity contribution in [1.29, 1.82) is 0 Å². The van der Waals surface area contributed by atoms with Crippen LogP contribution in [0, 0.1) is 12.1 Å². The lowest BCUT2D eigenvalue weighted by Crippen LogP contribution is -2.49. The topological polar surface area (TPSA) is 119 Å². The molecule has 31 heavy (non-hydrogen) atoms. The molecule has 3 N–H and O–H groups in total. The van der Waals surface area contributed by atoms with Crippen LogP contribution in [0.2, 0.25) is 0 Å². The summed E-state index contributed by atoms with van der Waals surface area (Å²) >= 11 is 0. The molecular weight excluding hydrogens is 394 g/mol. The van der Waals surface area contributed by atoms with E-state index < -0.39 is 5.54 Å². The van der Waals surface area contributed by atoms with Crippen molar-refractivity contribution in [3.8, 4) is 0 Å². The van der Waals surface area contributed by atoms with Crippen molar-refractivity contribution in [3.05, 3.63) is 64.9 Å². The maximum absolute atomic E-state index is 13.4. The predicted molar refractivity (Wildman–Crippen MR) is 115 cm³/mol. The maximum Gasteiger partial charge on any atom is 0.284 e. The first-order valence-corrected chi connectivity index (χ1v) is 10.4. The van der Waals surface area contributed by atoms with Gasteiger partial charge in [0.2, 0.25) is 5.82 Å². The van der Waals surface area contributed by atoms with Gasteiger partial charge in [0.25, 0.3) is 11.7 Å². The molecule has 1 fully saturated rings. The number of hydrogen-bond donors (Lipinski definition) is 3. The van der Waals surface area contributed by atoms with E-state index in [1.54, 1.807) is 18.3 Å². The standard InChI is InChI=1S/C22H23N7O2/c1-14-11-18(27-17-12-16(24-13-25-17)26-15-7-3-6-10-23-15)29(31)20-19(14)21(30)28-22(20)8-4-2-5-9-22/h3,6-7,10-13H,2,4-5,8-9H2,1H3,(H,28,30)(H2,23,24,25,26,27). The van der Waals surface area contributed by atoms with E-state index in [1.165, 1.54) is 6.33 Å². The molecule has 1 amide bonds. The summed E-state index contributed by atoms with van der Waals surface area (Å²) in [5, 5.41) is 22.7. The van der Waals surface area contributed by atoms with E-state index in [9.17, 15) is 10.0 Å². The predicted octanol–water partition coefficient (Wildman–Crippen LogP) is 3.20. The summed E-state index contributed by atoms with van der Waals surface area (Å²) < 4.78 is 0.861. The van der Waals surface area contributed by atoms with Crippen LogP contribution < -0.4 is 20.7 Å². The van der Waals surface area contributed by atoms with Gasteiger partial charge in [0, 0.05) is 18.3 Å². The number of aromatic nitrogens is 4. The second kappa shape index (κ2) is 7.50. The molecule has 5 rings (SSSR count). The van der Waals surface area contributed by atoms with Gasteiger partial charge in [0.1, 0.15) is 29.2 Å². The minimum Gasteiger partial charge on any atom is -0.710 e. The number of nitrogens with zero attached hydrogens (tertiary/aromatic N) is 4. The summed E-state index contributed by atoms with van der Waals surface area (Å²) in [7, 11) is 0. The van der Waals surface area contributed by atoms with Crippen LogP contribution in [0.4, 0.5) is 23.3 Å². The highest BCUT2D eigenvalue weighted by Gasteiger charge is 2.48. The van der Waals surface area contributed by atoms with Crippen molar-refractivity contribution in [1.82, 2.24) is 20.3 Å². The molecular formula is C22H23N7O2. The zero-order valence-corrected chi connectivity index (χ0v) is 17.2. The molecule has 0 atom stereocenters. The van der Waals surface area contributed by atoms with Crippen LogP contribution in [0.15, 0.2) is 42.9 Å². The third kappa shape index (κ3) is 3.41. The van der Waals surface area contributed by atoms with Crippen molar-refractivity contribution < 1.29 is 9.52 Å². The zero-order chi connectivity index (χ0) is 21.4. The van der Waals surface area contributed by atoms with E-state index in [2.05, 4.69) is 30.9 Å². The monoisotopic (exact) mass is 417 g/mol. The van der Waals surface area contributed by atoms with Crippen molar-refractivity contribution in [2.24, 2.45) is 0 Å². The van der Waals surface area contributed by atoms with Crippen LogP contribution >= 0.6 is 0 Å². The minimum absolute atomic E-state index is 0.158. The maximum atomic E-state index is 13.4. The number of hydrogen-bond acceptors (Lipinski definition) is 7. The molecule has 1 aliphatic heterocycles. The fourth-order valence-corrected chi connectivity index (χ4v) is 4.60. The summed E-state index contributed by atoms with van der Waals surface area (Å²) in [5.74, 6) is 1.84. The molecule has 0 bridgehead atoms. The Kier molecular flexibility index (Phi) is 4.65. The molecule has 9 nitrogen and oxygen atoms in total. The molecule has 4 heterocycles. The zero-order valence-electron chi connectivity index (χ0n) is 17.2. The molecule has 0 aromatic carbocycles. The van der Waals surface area contributed by atoms with Gasteiger partial charge in [-0.05, 0) is 37.5 Å². The van der Waals surface area contributed by atoms with E-state index in [0.717, 1.165) is 42.4 Å². The van der Waals surface area contributed by atoms with Gasteiger partial charge in [-0.1, -0.05) is 25.3 Å². The second-order valence-corrected chi connectivity index (χ2v) is 8.08. The Bertz CT molecular complexity index is 1140. The number of aryl methyl sites for hydroxylation is 1. The van der Waals surface area contributed by atoms with Gasteiger partial charge in [0.15, 0.2) is 0 Å². The summed E-state index contributed by atoms with van der Waals surface area (Å²) in [6, 6.07) is 8.94. The molecule has 2 aliphatic rings. The van der Waals surface area contributed by atoms with Crippen molar-refractivity contribution in [3.63, 3.8) is 0 Å². The Morgan fingerprint density at radius 1 is 1.03 bits per heavy atom. The minimum atomic E-state index is -0.577. The van der Waals surface area contributed by atoms with Gasteiger partial charge in [0.05, 0.1) is 5.56 Å². The third-order valence-corrected chi connectivity index (χ3v) is 5.99. The Morgan fingerprint density at radius 2 is 1.81 bits per heavy atom. The number of carbonyl (C=O) groups is 1. The van der Waals surface area contributed by atoms with Crippen LogP contribution in [0.5, 0.6) is 0 Å². The van der Waals surface area contributed by atoms with Crippen LogP contribution in [0.1, 0.15) is 53.7 Å². The third-order valence-electron chi connectivity index (χ3n) is 5.99. The van der Waals surface area contributed by atoms with Crippen LogP contribution in [-0.4, -0.2) is 20.9 Å². The van der Waals surface area contributed by atoms with Crippen molar-refractivity contribution >= 4 is 29.2 Å². The normalized spacial score (nSPS) is 16.6. The summed E-state index contributed by atoms with van der Waals surface area (Å²) in [5.41, 5.74) is 1.22. The molecule has 1 spiro atoms. The van der Waals surface area contributed by atoms with Crippen LogP contribution in [-0.2, 0) is 5.54 Å². The van der Waals surface area contributed by atoms with Crippen LogP contribution in [0.25, 0.3) is 0 Å². The number of fused-ring (bicyclic) bond motifs is 2. The lowest BCUT2D eigenvalue weighted by atomic mass is 9.79. The van der Waals surface area contributed by atoms with Gasteiger partial charge in [-0.2, -0.15) is 4.98 Å². The molecule has 0 unspecified atom stereocenters. The quantitative estimate of drug-likeness (QED) is 0.440. The lowest BCUT2D eigenvalue weighted by molar-refractivity contribution is -0.603. The molecule has 1 saturated carbocycles. The first kappa shape index (κ1) is 19.2. The van der Waals surface area contributed by atoms with E-state index in [4.69, 9.17) is 0 Å². The highest BCUT2D eigenvalue weighted by Crippen LogP contribution is 2.42. The molecule has 3 aromatic rings. The number of nitrogens with one attached hydrogen (secondary N) is 3. The highest BCUT2D eigenvalue weighted by atomic mass is 16.5. The number of anilines is 4. The second-order valence-electron chi connectivity index (χ2n) is 8.08. The Labute approximate surface area is 179 Å². The Morgan fingerprint density at radius 3 is 2.55 bits per heavy atom. The fourth-order valence-electron chi connectivity index (χ4n) is 4.60. The first-order chi connectivity index (χ1) is 15.1. The molecule has 158 valence electrons. The first-order valence-electron chi connectivity index (χ1n) is 10.4. The smallest absolute Gasteiger partial charge is 0.284 e. The van der Waals surface area contributed by atoms with Crippen molar-refractivity contribution in [2.45, 2.75) is 44.6 Å². The molecule has 0 radical (unpaired) electrons. The number of pyridine rings is 2. The summed E-state index contributed by atoms with van der Waals surface area (Å²) in [4.78, 5) is 25.4. The molecule has 3 aromatic heterocycles. The molecule has 1 aliphatic carbocycles. The lowest BCUT2D eigenvalue weighted by Gasteiger charge is -2.34. The van der Waals surface area contributed by atoms with Gasteiger partial charge in [-0.3, -0.25) is 4.79 Å². The van der Waals surface area contributed by atoms with Crippen LogP contribution in [0.3, 0.4) is 0 Å². The SMILES string of the molecule is Cc1cc(Nc2cc(Nc3ccccn3)ncn2)[n+]([O-])c2c1C(=O)NC21CCCCC1. The highest BCUT2D eigenvalue weighted by molar-refractivity contribution is 6.00. The largest absolute Gasteiger partial charge is 0.710 e. The number of amides is 1. The molecule has 9 heteroatoms. The van der Waals surface area contributed by atoms with E-state index in [0.29, 0.717) is 34.5 Å². The Balaban J connectivity index is 1.49. The average Bonchev–Trinajstić information content (AvgIpc) is 3.05. The van der Waals surface area contributed by atoms with Gasteiger partial charge in [-0.25, -0.2) is 20.0 Å². The number of carbonyl (C=O) groups excluding carboxylic acids is 1. The average molecular weight is 417 g/mol. The summed E-state index contributed by atoms with van der Waals surface area (Å²) in [6.45, 7) is 1.86. The summed E-state index contributed by atoms with van der Waals surface area (Å²) in [6.07, 6.45) is 7.76. The van der Waals surface area contributed by atoms with E-state index in [-0.39, 0.29) is 5.91 Å². The van der Waals surface area contributed by atoms with E-state index >= 15 is 0 Å².